The molecule has 0 aliphatic carbocycles. The first-order chi connectivity index (χ1) is 9.25. The second kappa shape index (κ2) is 8.56. The molecule has 2 aromatic carbocycles. The number of halogens is 2. The Hall–Kier alpha value is -1.58. The van der Waals surface area contributed by atoms with Crippen LogP contribution >= 0.6 is 28.3 Å². The second-order valence-corrected chi connectivity index (χ2v) is 4.96. The summed E-state index contributed by atoms with van der Waals surface area (Å²) in [4.78, 5) is 0. The van der Waals surface area contributed by atoms with Gasteiger partial charge in [0.25, 0.3) is 0 Å². The first kappa shape index (κ1) is 16.5. The van der Waals surface area contributed by atoms with Crippen LogP contribution < -0.4 is 5.32 Å². The van der Waals surface area contributed by atoms with Gasteiger partial charge in [-0.15, -0.1) is 12.4 Å². The van der Waals surface area contributed by atoms with E-state index in [1.54, 1.807) is 6.08 Å². The molecule has 0 fully saturated rings. The molecule has 104 valence electrons. The van der Waals surface area contributed by atoms with E-state index in [9.17, 15) is 0 Å². The normalized spacial score (nSPS) is 10.1. The largest absolute Gasteiger partial charge is 0.366 e. The van der Waals surface area contributed by atoms with E-state index in [4.69, 9.17) is 5.41 Å². The third kappa shape index (κ3) is 5.19. The van der Waals surface area contributed by atoms with Crippen LogP contribution in [0.15, 0.2) is 65.1 Å². The van der Waals surface area contributed by atoms with Crippen LogP contribution in [-0.4, -0.2) is 5.84 Å². The molecule has 20 heavy (non-hydrogen) atoms. The fourth-order valence-corrected chi connectivity index (χ4v) is 2.06. The SMILES string of the molecule is Cl.N=C(/C=C/c1ccccc1)NCc1ccccc1Br. The summed E-state index contributed by atoms with van der Waals surface area (Å²) >= 11 is 3.49. The van der Waals surface area contributed by atoms with Crippen LogP contribution in [0.5, 0.6) is 0 Å². The summed E-state index contributed by atoms with van der Waals surface area (Å²) in [7, 11) is 0. The van der Waals surface area contributed by atoms with Gasteiger partial charge in [-0.2, -0.15) is 0 Å². The molecule has 0 unspecified atom stereocenters. The van der Waals surface area contributed by atoms with Gasteiger partial charge >= 0.3 is 0 Å². The lowest BCUT2D eigenvalue weighted by molar-refractivity contribution is 0.907. The Labute approximate surface area is 134 Å². The highest BCUT2D eigenvalue weighted by atomic mass is 79.9. The van der Waals surface area contributed by atoms with Gasteiger partial charge in [-0.1, -0.05) is 70.5 Å². The number of rotatable bonds is 4. The summed E-state index contributed by atoms with van der Waals surface area (Å²) in [6, 6.07) is 18.0. The molecule has 0 aromatic heterocycles. The highest BCUT2D eigenvalue weighted by Gasteiger charge is 1.98. The molecule has 0 radical (unpaired) electrons. The zero-order chi connectivity index (χ0) is 13.5. The Kier molecular flexibility index (Phi) is 7.05. The first-order valence-corrected chi connectivity index (χ1v) is 6.84. The van der Waals surface area contributed by atoms with E-state index < -0.39 is 0 Å². The summed E-state index contributed by atoms with van der Waals surface area (Å²) < 4.78 is 1.06. The van der Waals surface area contributed by atoms with E-state index >= 15 is 0 Å². The summed E-state index contributed by atoms with van der Waals surface area (Å²) in [6.07, 6.45) is 3.70. The zero-order valence-corrected chi connectivity index (χ0v) is 13.2. The molecule has 2 N–H and O–H groups in total. The first-order valence-electron chi connectivity index (χ1n) is 6.04. The summed E-state index contributed by atoms with van der Waals surface area (Å²) in [5.74, 6) is 0.402. The molecule has 0 atom stereocenters. The van der Waals surface area contributed by atoms with Gasteiger partial charge in [0.15, 0.2) is 0 Å². The van der Waals surface area contributed by atoms with Crippen molar-refractivity contribution in [1.29, 1.82) is 5.41 Å². The van der Waals surface area contributed by atoms with Crippen LogP contribution in [-0.2, 0) is 6.54 Å². The van der Waals surface area contributed by atoms with Crippen LogP contribution in [0.1, 0.15) is 11.1 Å². The van der Waals surface area contributed by atoms with Crippen molar-refractivity contribution in [3.8, 4) is 0 Å². The minimum atomic E-state index is 0. The Morgan fingerprint density at radius 2 is 1.70 bits per heavy atom. The lowest BCUT2D eigenvalue weighted by Crippen LogP contribution is -2.19. The minimum Gasteiger partial charge on any atom is -0.366 e. The lowest BCUT2D eigenvalue weighted by Gasteiger charge is -2.06. The average molecular weight is 352 g/mol. The van der Waals surface area contributed by atoms with Gasteiger partial charge in [-0.25, -0.2) is 0 Å². The molecule has 4 heteroatoms. The van der Waals surface area contributed by atoms with Crippen LogP contribution in [0.3, 0.4) is 0 Å². The van der Waals surface area contributed by atoms with Crippen molar-refractivity contribution in [2.45, 2.75) is 6.54 Å². The summed E-state index contributed by atoms with van der Waals surface area (Å²) in [6.45, 7) is 0.638. The van der Waals surface area contributed by atoms with E-state index in [1.807, 2.05) is 60.7 Å². The van der Waals surface area contributed by atoms with Crippen molar-refractivity contribution >= 4 is 40.2 Å². The van der Waals surface area contributed by atoms with Crippen molar-refractivity contribution in [2.24, 2.45) is 0 Å². The maximum atomic E-state index is 7.84. The molecule has 0 amide bonds. The maximum Gasteiger partial charge on any atom is 0.118 e. The number of hydrogen-bond acceptors (Lipinski definition) is 1. The summed E-state index contributed by atoms with van der Waals surface area (Å²) in [5, 5.41) is 10.9. The topological polar surface area (TPSA) is 35.9 Å². The van der Waals surface area contributed by atoms with Crippen LogP contribution in [0, 0.1) is 5.41 Å². The van der Waals surface area contributed by atoms with Crippen molar-refractivity contribution < 1.29 is 0 Å². The Bertz CT molecular complexity index is 582. The van der Waals surface area contributed by atoms with Gasteiger partial charge in [0.05, 0.1) is 0 Å². The molecular weight excluding hydrogens is 336 g/mol. The summed E-state index contributed by atoms with van der Waals surface area (Å²) in [5.41, 5.74) is 2.23. The van der Waals surface area contributed by atoms with E-state index in [0.717, 1.165) is 15.6 Å². The molecule has 2 rings (SSSR count). The molecule has 2 aromatic rings. The molecule has 0 saturated heterocycles. The standard InChI is InChI=1S/C16H15BrN2.ClH/c17-15-9-5-4-8-14(15)12-19-16(18)11-10-13-6-2-1-3-7-13;/h1-11H,12H2,(H2,18,19);1H/b11-10+;. The Balaban J connectivity index is 0.00000200. The molecule has 0 bridgehead atoms. The van der Waals surface area contributed by atoms with Crippen molar-refractivity contribution in [3.05, 3.63) is 76.3 Å². The predicted molar refractivity (Wildman–Crippen MR) is 91.4 cm³/mol. The van der Waals surface area contributed by atoms with E-state index in [2.05, 4.69) is 21.2 Å². The van der Waals surface area contributed by atoms with Gasteiger partial charge in [0.1, 0.15) is 5.84 Å². The highest BCUT2D eigenvalue weighted by Crippen LogP contribution is 2.15. The smallest absolute Gasteiger partial charge is 0.118 e. The van der Waals surface area contributed by atoms with Gasteiger partial charge in [-0.05, 0) is 23.3 Å². The van der Waals surface area contributed by atoms with Gasteiger partial charge in [-0.3, -0.25) is 5.41 Å². The fraction of sp³-hybridized carbons (Fsp3) is 0.0625. The molecule has 0 saturated carbocycles. The van der Waals surface area contributed by atoms with Gasteiger partial charge in [0, 0.05) is 11.0 Å². The van der Waals surface area contributed by atoms with Gasteiger partial charge < -0.3 is 5.32 Å². The zero-order valence-electron chi connectivity index (χ0n) is 10.8. The molecular formula is C16H16BrClN2. The number of nitrogens with one attached hydrogen (secondary N) is 2. The van der Waals surface area contributed by atoms with Crippen LogP contribution in [0.4, 0.5) is 0 Å². The third-order valence-electron chi connectivity index (χ3n) is 2.67. The fourth-order valence-electron chi connectivity index (χ4n) is 1.63. The van der Waals surface area contributed by atoms with Crippen molar-refractivity contribution in [3.63, 3.8) is 0 Å². The maximum absolute atomic E-state index is 7.84. The molecule has 0 aliphatic heterocycles. The molecule has 2 nitrogen and oxygen atoms in total. The van der Waals surface area contributed by atoms with Crippen molar-refractivity contribution in [1.82, 2.24) is 5.32 Å². The number of amidine groups is 1. The molecule has 0 aliphatic rings. The quantitative estimate of drug-likeness (QED) is 0.610. The van der Waals surface area contributed by atoms with Gasteiger partial charge in [0.2, 0.25) is 0 Å². The number of benzene rings is 2. The Morgan fingerprint density at radius 3 is 2.40 bits per heavy atom. The van der Waals surface area contributed by atoms with E-state index in [0.29, 0.717) is 12.4 Å². The van der Waals surface area contributed by atoms with Crippen LogP contribution in [0.2, 0.25) is 0 Å². The third-order valence-corrected chi connectivity index (χ3v) is 3.44. The predicted octanol–water partition coefficient (Wildman–Crippen LogP) is 4.65. The Morgan fingerprint density at radius 1 is 1.05 bits per heavy atom. The van der Waals surface area contributed by atoms with E-state index in [1.165, 1.54) is 0 Å². The van der Waals surface area contributed by atoms with Crippen molar-refractivity contribution in [2.75, 3.05) is 0 Å². The molecule has 0 spiro atoms. The van der Waals surface area contributed by atoms with E-state index in [-0.39, 0.29) is 12.4 Å². The minimum absolute atomic E-state index is 0. The van der Waals surface area contributed by atoms with Crippen LogP contribution in [0.25, 0.3) is 6.08 Å². The average Bonchev–Trinajstić information content (AvgIpc) is 2.45. The second-order valence-electron chi connectivity index (χ2n) is 4.10. The number of hydrogen-bond donors (Lipinski definition) is 2. The lowest BCUT2D eigenvalue weighted by atomic mass is 10.2. The highest BCUT2D eigenvalue weighted by molar-refractivity contribution is 9.10. The molecule has 0 heterocycles. The monoisotopic (exact) mass is 350 g/mol.